The van der Waals surface area contributed by atoms with Crippen molar-refractivity contribution in [1.82, 2.24) is 20.9 Å². The zero-order valence-electron chi connectivity index (χ0n) is 14.9. The van der Waals surface area contributed by atoms with Crippen LogP contribution < -0.4 is 20.7 Å². The first-order chi connectivity index (χ1) is 12.8. The fraction of sp³-hybridized carbons (Fsp3) is 0.529. The van der Waals surface area contributed by atoms with Crippen molar-refractivity contribution in [3.8, 4) is 5.75 Å². The molecule has 1 aliphatic rings. The van der Waals surface area contributed by atoms with Gasteiger partial charge in [-0.15, -0.1) is 0 Å². The predicted molar refractivity (Wildman–Crippen MR) is 92.6 cm³/mol. The molecule has 150 valence electrons. The summed E-state index contributed by atoms with van der Waals surface area (Å²) < 4.78 is 44.8. The largest absolute Gasteiger partial charge is 0.497 e. The Hall–Kier alpha value is -2.33. The Morgan fingerprint density at radius 3 is 2.37 bits per heavy atom. The molecule has 1 atom stereocenters. The van der Waals surface area contributed by atoms with Crippen molar-refractivity contribution in [3.63, 3.8) is 0 Å². The number of alkyl halides is 3. The molecule has 1 unspecified atom stereocenters. The number of amides is 2. The molecule has 2 amide bonds. The zero-order valence-corrected chi connectivity index (χ0v) is 14.9. The molecule has 0 spiro atoms. The van der Waals surface area contributed by atoms with E-state index in [0.717, 1.165) is 0 Å². The molecular weight excluding hydrogens is 365 g/mol. The Balaban J connectivity index is 1.81. The number of ether oxygens (including phenoxy) is 1. The van der Waals surface area contributed by atoms with Gasteiger partial charge in [-0.3, -0.25) is 14.5 Å². The molecule has 0 aliphatic carbocycles. The highest BCUT2D eigenvalue weighted by molar-refractivity contribution is 5.96. The van der Waals surface area contributed by atoms with Gasteiger partial charge in [-0.05, 0) is 24.3 Å². The average Bonchev–Trinajstić information content (AvgIpc) is 2.66. The molecule has 1 aliphatic heterocycles. The maximum atomic E-state index is 13.3. The van der Waals surface area contributed by atoms with Crippen LogP contribution in [0.15, 0.2) is 24.3 Å². The number of nitrogens with zero attached hydrogens (tertiary/aromatic N) is 1. The van der Waals surface area contributed by atoms with Crippen LogP contribution in [0.2, 0.25) is 0 Å². The highest BCUT2D eigenvalue weighted by atomic mass is 19.4. The average molecular weight is 388 g/mol. The van der Waals surface area contributed by atoms with Crippen molar-refractivity contribution in [3.05, 3.63) is 29.8 Å². The van der Waals surface area contributed by atoms with E-state index in [-0.39, 0.29) is 13.1 Å². The summed E-state index contributed by atoms with van der Waals surface area (Å²) in [5.41, 5.74) is 0.317. The number of methoxy groups -OCH3 is 1. The SMILES string of the molecule is COc1ccc(C(=O)NCC(=O)NCC(N2CCNCC2)C(F)(F)F)cc1. The van der Waals surface area contributed by atoms with Gasteiger partial charge >= 0.3 is 6.18 Å². The van der Waals surface area contributed by atoms with E-state index in [1.807, 2.05) is 0 Å². The van der Waals surface area contributed by atoms with Gasteiger partial charge in [0.05, 0.1) is 13.7 Å². The third-order valence-corrected chi connectivity index (χ3v) is 4.22. The van der Waals surface area contributed by atoms with Crippen LogP contribution in [-0.4, -0.2) is 75.3 Å². The number of benzene rings is 1. The Bertz CT molecular complexity index is 631. The van der Waals surface area contributed by atoms with E-state index in [1.54, 1.807) is 12.1 Å². The Kier molecular flexibility index (Phi) is 7.43. The lowest BCUT2D eigenvalue weighted by atomic mass is 10.2. The van der Waals surface area contributed by atoms with Crippen LogP contribution in [0.1, 0.15) is 10.4 Å². The van der Waals surface area contributed by atoms with Crippen LogP contribution in [0.25, 0.3) is 0 Å². The van der Waals surface area contributed by atoms with E-state index in [2.05, 4.69) is 16.0 Å². The van der Waals surface area contributed by atoms with Gasteiger partial charge < -0.3 is 20.7 Å². The first-order valence-corrected chi connectivity index (χ1v) is 8.51. The third kappa shape index (κ3) is 6.40. The lowest BCUT2D eigenvalue weighted by Crippen LogP contribution is -2.58. The number of piperazine rings is 1. The van der Waals surface area contributed by atoms with E-state index in [4.69, 9.17) is 4.74 Å². The highest BCUT2D eigenvalue weighted by Crippen LogP contribution is 2.24. The molecule has 1 aromatic rings. The van der Waals surface area contributed by atoms with Gasteiger partial charge in [0.1, 0.15) is 11.8 Å². The molecule has 10 heteroatoms. The molecule has 0 bridgehead atoms. The van der Waals surface area contributed by atoms with Crippen molar-refractivity contribution >= 4 is 11.8 Å². The van der Waals surface area contributed by atoms with Crippen LogP contribution >= 0.6 is 0 Å². The molecule has 0 radical (unpaired) electrons. The van der Waals surface area contributed by atoms with Crippen molar-refractivity contribution in [2.24, 2.45) is 0 Å². The molecule has 1 fully saturated rings. The Morgan fingerprint density at radius 2 is 1.81 bits per heavy atom. The molecule has 1 heterocycles. The Morgan fingerprint density at radius 1 is 1.19 bits per heavy atom. The first kappa shape index (κ1) is 21.0. The van der Waals surface area contributed by atoms with Gasteiger partial charge in [-0.2, -0.15) is 13.2 Å². The number of carbonyl (C=O) groups excluding carboxylic acids is 2. The standard InChI is InChI=1S/C17H23F3N4O3/c1-27-13-4-2-12(3-5-13)16(26)23-11-15(25)22-10-14(17(18,19)20)24-8-6-21-7-9-24/h2-5,14,21H,6-11H2,1H3,(H,22,25)(H,23,26). The molecule has 2 rings (SSSR count). The number of halogens is 3. The number of carbonyl (C=O) groups is 2. The normalized spacial score (nSPS) is 16.4. The van der Waals surface area contributed by atoms with Crippen molar-refractivity contribution < 1.29 is 27.5 Å². The fourth-order valence-corrected chi connectivity index (χ4v) is 2.72. The summed E-state index contributed by atoms with van der Waals surface area (Å²) in [6, 6.07) is 4.49. The predicted octanol–water partition coefficient (Wildman–Crippen LogP) is 0.377. The van der Waals surface area contributed by atoms with Gasteiger partial charge in [0, 0.05) is 38.3 Å². The number of hydrogen-bond donors (Lipinski definition) is 3. The lowest BCUT2D eigenvalue weighted by Gasteiger charge is -2.35. The van der Waals surface area contributed by atoms with Gasteiger partial charge in [0.15, 0.2) is 0 Å². The number of hydrogen-bond acceptors (Lipinski definition) is 5. The van der Waals surface area contributed by atoms with Crippen molar-refractivity contribution in [2.45, 2.75) is 12.2 Å². The molecular formula is C17H23F3N4O3. The number of rotatable bonds is 7. The second-order valence-corrected chi connectivity index (χ2v) is 6.06. The smallest absolute Gasteiger partial charge is 0.405 e. The Labute approximate surface area is 155 Å². The summed E-state index contributed by atoms with van der Waals surface area (Å²) in [6.45, 7) is 0.497. The van der Waals surface area contributed by atoms with Gasteiger partial charge in [0.25, 0.3) is 5.91 Å². The summed E-state index contributed by atoms with van der Waals surface area (Å²) in [5, 5.41) is 7.63. The van der Waals surface area contributed by atoms with Gasteiger partial charge in [-0.25, -0.2) is 0 Å². The van der Waals surface area contributed by atoms with Crippen molar-refractivity contribution in [2.75, 3.05) is 46.4 Å². The quantitative estimate of drug-likeness (QED) is 0.629. The minimum absolute atomic E-state index is 0.258. The molecule has 1 saturated heterocycles. The summed E-state index contributed by atoms with van der Waals surface area (Å²) in [6.07, 6.45) is -4.45. The molecule has 0 aromatic heterocycles. The van der Waals surface area contributed by atoms with Gasteiger partial charge in [-0.1, -0.05) is 0 Å². The molecule has 3 N–H and O–H groups in total. The number of nitrogens with one attached hydrogen (secondary N) is 3. The van der Waals surface area contributed by atoms with E-state index in [9.17, 15) is 22.8 Å². The molecule has 7 nitrogen and oxygen atoms in total. The van der Waals surface area contributed by atoms with Crippen LogP contribution in [0, 0.1) is 0 Å². The summed E-state index contributed by atoms with van der Waals surface area (Å²) in [5.74, 6) is -0.598. The van der Waals surface area contributed by atoms with E-state index in [0.29, 0.717) is 24.4 Å². The van der Waals surface area contributed by atoms with Crippen LogP contribution in [-0.2, 0) is 4.79 Å². The van der Waals surface area contributed by atoms with Crippen LogP contribution in [0.4, 0.5) is 13.2 Å². The van der Waals surface area contributed by atoms with Crippen LogP contribution in [0.3, 0.4) is 0 Å². The second-order valence-electron chi connectivity index (χ2n) is 6.06. The minimum atomic E-state index is -4.45. The minimum Gasteiger partial charge on any atom is -0.497 e. The third-order valence-electron chi connectivity index (χ3n) is 4.22. The van der Waals surface area contributed by atoms with E-state index in [1.165, 1.54) is 24.1 Å². The summed E-state index contributed by atoms with van der Waals surface area (Å²) in [4.78, 5) is 25.1. The molecule has 0 saturated carbocycles. The van der Waals surface area contributed by atoms with Gasteiger partial charge in [0.2, 0.25) is 5.91 Å². The second kappa shape index (κ2) is 9.56. The maximum absolute atomic E-state index is 13.3. The van der Waals surface area contributed by atoms with E-state index >= 15 is 0 Å². The molecule has 1 aromatic carbocycles. The first-order valence-electron chi connectivity index (χ1n) is 8.51. The highest BCUT2D eigenvalue weighted by Gasteiger charge is 2.43. The summed E-state index contributed by atoms with van der Waals surface area (Å²) in [7, 11) is 1.49. The molecule has 27 heavy (non-hydrogen) atoms. The summed E-state index contributed by atoms with van der Waals surface area (Å²) >= 11 is 0. The van der Waals surface area contributed by atoms with Crippen LogP contribution in [0.5, 0.6) is 5.75 Å². The fourth-order valence-electron chi connectivity index (χ4n) is 2.72. The lowest BCUT2D eigenvalue weighted by molar-refractivity contribution is -0.184. The maximum Gasteiger partial charge on any atom is 0.405 e. The topological polar surface area (TPSA) is 82.7 Å². The van der Waals surface area contributed by atoms with Crippen molar-refractivity contribution in [1.29, 1.82) is 0 Å². The zero-order chi connectivity index (χ0) is 19.9. The van der Waals surface area contributed by atoms with E-state index < -0.39 is 37.1 Å². The monoisotopic (exact) mass is 388 g/mol.